The first-order valence-electron chi connectivity index (χ1n) is 3.16. The monoisotopic (exact) mass is 129 g/mol. The minimum absolute atomic E-state index is 0.0515. The zero-order chi connectivity index (χ0) is 6.69. The molecule has 0 aromatic carbocycles. The third kappa shape index (κ3) is 2.01. The molecule has 0 bridgehead atoms. The van der Waals surface area contributed by atoms with Crippen molar-refractivity contribution in [3.8, 4) is 0 Å². The minimum atomic E-state index is -0.0515. The smallest absolute Gasteiger partial charge is 0.310 e. The Kier molecular flexibility index (Phi) is 2.05. The third-order valence-corrected chi connectivity index (χ3v) is 1.27. The Hall–Kier alpha value is -0.570. The van der Waals surface area contributed by atoms with E-state index < -0.39 is 0 Å². The highest BCUT2D eigenvalue weighted by Gasteiger charge is 2.30. The molecular weight excluding hydrogens is 118 g/mol. The molecule has 0 radical (unpaired) electrons. The van der Waals surface area contributed by atoms with Crippen molar-refractivity contribution in [2.45, 2.75) is 12.8 Å². The average Bonchev–Trinajstić information content (AvgIpc) is 2.63. The number of carbonyl (C=O) groups excluding carboxylic acids is 1. The molecule has 9 heavy (non-hydrogen) atoms. The second kappa shape index (κ2) is 2.82. The molecule has 3 heteroatoms. The number of hydrogen-bond acceptors (Lipinski definition) is 3. The van der Waals surface area contributed by atoms with Gasteiger partial charge in [-0.15, -0.1) is 0 Å². The summed E-state index contributed by atoms with van der Waals surface area (Å²) in [6.07, 6.45) is 2.03. The number of nitrogens with one attached hydrogen (secondary N) is 1. The van der Waals surface area contributed by atoms with Crippen LogP contribution in [0.15, 0.2) is 0 Å². The van der Waals surface area contributed by atoms with Crippen LogP contribution in [0.1, 0.15) is 12.8 Å². The van der Waals surface area contributed by atoms with E-state index in [0.717, 1.165) is 12.8 Å². The van der Waals surface area contributed by atoms with E-state index in [9.17, 15) is 4.79 Å². The molecule has 0 saturated heterocycles. The SMILES string of the molecule is CNCOC(=O)C1CC1. The van der Waals surface area contributed by atoms with E-state index in [1.165, 1.54) is 0 Å². The van der Waals surface area contributed by atoms with Crippen LogP contribution < -0.4 is 5.32 Å². The number of rotatable bonds is 3. The first-order chi connectivity index (χ1) is 4.34. The lowest BCUT2D eigenvalue weighted by atomic mass is 10.4. The van der Waals surface area contributed by atoms with Crippen molar-refractivity contribution in [3.05, 3.63) is 0 Å². The lowest BCUT2D eigenvalue weighted by Crippen LogP contribution is -2.17. The van der Waals surface area contributed by atoms with Gasteiger partial charge in [0, 0.05) is 0 Å². The zero-order valence-electron chi connectivity index (χ0n) is 5.52. The highest BCUT2D eigenvalue weighted by Crippen LogP contribution is 2.29. The molecule has 1 N–H and O–H groups in total. The largest absolute Gasteiger partial charge is 0.450 e. The van der Waals surface area contributed by atoms with Crippen LogP contribution in [-0.4, -0.2) is 19.7 Å². The third-order valence-electron chi connectivity index (χ3n) is 1.27. The Morgan fingerprint density at radius 1 is 1.78 bits per heavy atom. The summed E-state index contributed by atoms with van der Waals surface area (Å²) < 4.78 is 4.77. The van der Waals surface area contributed by atoms with Crippen LogP contribution in [0.25, 0.3) is 0 Å². The maximum absolute atomic E-state index is 10.7. The molecule has 1 saturated carbocycles. The molecule has 0 heterocycles. The summed E-state index contributed by atoms with van der Waals surface area (Å²) >= 11 is 0. The van der Waals surface area contributed by atoms with Gasteiger partial charge in [0.2, 0.25) is 0 Å². The van der Waals surface area contributed by atoms with Crippen molar-refractivity contribution in [3.63, 3.8) is 0 Å². The van der Waals surface area contributed by atoms with Gasteiger partial charge in [0.1, 0.15) is 6.73 Å². The summed E-state index contributed by atoms with van der Waals surface area (Å²) in [5, 5.41) is 2.74. The van der Waals surface area contributed by atoms with Gasteiger partial charge in [-0.3, -0.25) is 10.1 Å². The Labute approximate surface area is 54.4 Å². The van der Waals surface area contributed by atoms with Crippen molar-refractivity contribution in [2.24, 2.45) is 5.92 Å². The van der Waals surface area contributed by atoms with Crippen LogP contribution in [0.4, 0.5) is 0 Å². The highest BCUT2D eigenvalue weighted by atomic mass is 16.5. The van der Waals surface area contributed by atoms with Gasteiger partial charge >= 0.3 is 5.97 Å². The van der Waals surface area contributed by atoms with Gasteiger partial charge in [0.05, 0.1) is 5.92 Å². The van der Waals surface area contributed by atoms with Crippen LogP contribution in [0.3, 0.4) is 0 Å². The van der Waals surface area contributed by atoms with Gasteiger partial charge in [-0.05, 0) is 19.9 Å². The molecule has 3 nitrogen and oxygen atoms in total. The quantitative estimate of drug-likeness (QED) is 0.434. The van der Waals surface area contributed by atoms with E-state index in [0.29, 0.717) is 6.73 Å². The maximum Gasteiger partial charge on any atom is 0.310 e. The van der Waals surface area contributed by atoms with Crippen molar-refractivity contribution < 1.29 is 9.53 Å². The molecule has 0 unspecified atom stereocenters. The average molecular weight is 129 g/mol. The number of ether oxygens (including phenoxy) is 1. The summed E-state index contributed by atoms with van der Waals surface area (Å²) in [4.78, 5) is 10.7. The van der Waals surface area contributed by atoms with Crippen molar-refractivity contribution in [1.82, 2.24) is 5.32 Å². The van der Waals surface area contributed by atoms with Crippen LogP contribution in [0, 0.1) is 5.92 Å². The molecule has 0 aromatic rings. The fourth-order valence-corrected chi connectivity index (χ4v) is 0.580. The van der Waals surface area contributed by atoms with E-state index in [-0.39, 0.29) is 11.9 Å². The van der Waals surface area contributed by atoms with Crippen molar-refractivity contribution >= 4 is 5.97 Å². The van der Waals surface area contributed by atoms with Gasteiger partial charge in [0.15, 0.2) is 0 Å². The van der Waals surface area contributed by atoms with E-state index in [4.69, 9.17) is 4.74 Å². The Morgan fingerprint density at radius 3 is 2.89 bits per heavy atom. The van der Waals surface area contributed by atoms with Gasteiger partial charge in [-0.2, -0.15) is 0 Å². The van der Waals surface area contributed by atoms with Gasteiger partial charge < -0.3 is 4.74 Å². The number of esters is 1. The normalized spacial score (nSPS) is 17.4. The molecule has 0 spiro atoms. The van der Waals surface area contributed by atoms with E-state index in [1.54, 1.807) is 7.05 Å². The lowest BCUT2D eigenvalue weighted by Gasteiger charge is -1.99. The van der Waals surface area contributed by atoms with Crippen molar-refractivity contribution in [2.75, 3.05) is 13.8 Å². The summed E-state index contributed by atoms with van der Waals surface area (Å²) in [5.41, 5.74) is 0. The summed E-state index contributed by atoms with van der Waals surface area (Å²) in [5.74, 6) is 0.169. The van der Waals surface area contributed by atoms with Gasteiger partial charge in [0.25, 0.3) is 0 Å². The van der Waals surface area contributed by atoms with E-state index in [1.807, 2.05) is 0 Å². The standard InChI is InChI=1S/C6H11NO2/c1-7-4-9-6(8)5-2-3-5/h5,7H,2-4H2,1H3. The molecule has 0 aliphatic heterocycles. The Bertz CT molecular complexity index is 110. The first-order valence-corrected chi connectivity index (χ1v) is 3.16. The van der Waals surface area contributed by atoms with Crippen LogP contribution in [-0.2, 0) is 9.53 Å². The highest BCUT2D eigenvalue weighted by molar-refractivity contribution is 5.74. The van der Waals surface area contributed by atoms with Crippen molar-refractivity contribution in [1.29, 1.82) is 0 Å². The van der Waals surface area contributed by atoms with Gasteiger partial charge in [-0.1, -0.05) is 0 Å². The first kappa shape index (κ1) is 6.55. The molecular formula is C6H11NO2. The number of hydrogen-bond donors (Lipinski definition) is 1. The minimum Gasteiger partial charge on any atom is -0.450 e. The molecule has 0 amide bonds. The summed E-state index contributed by atoms with van der Waals surface area (Å²) in [7, 11) is 1.75. The summed E-state index contributed by atoms with van der Waals surface area (Å²) in [6.45, 7) is 0.343. The molecule has 0 aromatic heterocycles. The zero-order valence-corrected chi connectivity index (χ0v) is 5.52. The lowest BCUT2D eigenvalue weighted by molar-refractivity contribution is -0.145. The molecule has 1 fully saturated rings. The molecule has 52 valence electrons. The summed E-state index contributed by atoms with van der Waals surface area (Å²) in [6, 6.07) is 0. The van der Waals surface area contributed by atoms with Crippen LogP contribution in [0.2, 0.25) is 0 Å². The van der Waals surface area contributed by atoms with Crippen LogP contribution in [0.5, 0.6) is 0 Å². The Balaban J connectivity index is 2.03. The van der Waals surface area contributed by atoms with Crippen LogP contribution >= 0.6 is 0 Å². The van der Waals surface area contributed by atoms with E-state index in [2.05, 4.69) is 5.32 Å². The second-order valence-electron chi connectivity index (χ2n) is 2.24. The molecule has 1 aliphatic carbocycles. The molecule has 1 aliphatic rings. The maximum atomic E-state index is 10.7. The van der Waals surface area contributed by atoms with Gasteiger partial charge in [-0.25, -0.2) is 0 Å². The number of carbonyl (C=O) groups is 1. The predicted octanol–water partition coefficient (Wildman–Crippen LogP) is 0.116. The fraction of sp³-hybridized carbons (Fsp3) is 0.833. The Morgan fingerprint density at radius 2 is 2.44 bits per heavy atom. The molecule has 1 rings (SSSR count). The topological polar surface area (TPSA) is 38.3 Å². The second-order valence-corrected chi connectivity index (χ2v) is 2.24. The molecule has 0 atom stereocenters. The predicted molar refractivity (Wildman–Crippen MR) is 32.7 cm³/mol. The van der Waals surface area contributed by atoms with E-state index >= 15 is 0 Å². The fourth-order valence-electron chi connectivity index (χ4n) is 0.580.